The van der Waals surface area contributed by atoms with Gasteiger partial charge < -0.3 is 25.8 Å². The number of carbonyl (C=O) groups is 5. The third-order valence-electron chi connectivity index (χ3n) is 6.47. The van der Waals surface area contributed by atoms with Crippen molar-refractivity contribution in [3.05, 3.63) is 127 Å². The van der Waals surface area contributed by atoms with Gasteiger partial charge in [0.25, 0.3) is 6.47 Å². The fraction of sp³-hybridized carbons (Fsp3) is 0.383. The van der Waals surface area contributed by atoms with Gasteiger partial charge >= 0.3 is 121 Å². The zero-order valence-corrected chi connectivity index (χ0v) is 45.7. The van der Waals surface area contributed by atoms with Crippen molar-refractivity contribution in [2.45, 2.75) is 93.9 Å². The Morgan fingerprint density at radius 1 is 0.623 bits per heavy atom. The van der Waals surface area contributed by atoms with Crippen LogP contribution < -0.4 is 124 Å². The number of halogens is 1. The van der Waals surface area contributed by atoms with E-state index in [1.54, 1.807) is 13.0 Å². The Kier molecular flexibility index (Phi) is 68.4. The molecule has 0 aromatic heterocycles. The second-order valence-corrected chi connectivity index (χ2v) is 14.0. The first-order valence-corrected chi connectivity index (χ1v) is 21.7. The Balaban J connectivity index is -0.000000125. The Bertz CT molecular complexity index is 1390. The number of benzene rings is 3. The minimum atomic E-state index is -0.446. The Labute approximate surface area is 463 Å². The molecular formula is C47H68BrK2O10P. The molecule has 3 rings (SSSR count). The van der Waals surface area contributed by atoms with Gasteiger partial charge in [-0.05, 0) is 83.8 Å². The molecule has 0 unspecified atom stereocenters. The number of ether oxygens (including phenoxy) is 3. The van der Waals surface area contributed by atoms with Crippen molar-refractivity contribution in [3.8, 4) is 0 Å². The van der Waals surface area contributed by atoms with E-state index in [4.69, 9.17) is 19.5 Å². The molecule has 0 atom stereocenters. The normalized spacial score (nSPS) is 9.26. The second kappa shape index (κ2) is 58.6. The fourth-order valence-electron chi connectivity index (χ4n) is 3.98. The van der Waals surface area contributed by atoms with Crippen LogP contribution in [-0.2, 0) is 43.1 Å². The number of hydrogen-bond donors (Lipinski definition) is 0. The first kappa shape index (κ1) is 71.2. The standard InChI is InChI=1S/C18H15P.C10H16O2.C7H14O2.C6H11BrO2.C4H6O.CH2O3.CH4.2K.H/c1-4-10-16(11-5-1)19(17-12-6-2-7-13-17)18-14-8-3-9-15-18;1-3-5-6-7-8-9-10(11)12-4-2;1-3-5-6-7(8)9-4-2;1-2-9-6(8)4-3-5-7;1-2-3-4-5;2-1-4-3;;;;/h1-15H;3,5-7H,4,8-9H2,1-2H3;3-6H2,1-2H3;2-5H2,1H3;2-4H,1H3;1,3H;1H4;;;/q;;;;;;;2*+1;-1/p-1/b;5-3+,7-6-;;;3-2+;;;;;. The molecule has 0 fully saturated rings. The molecule has 0 bridgehead atoms. The molecule has 0 spiro atoms. The number of alkyl halides is 1. The van der Waals surface area contributed by atoms with Crippen molar-refractivity contribution in [1.29, 1.82) is 0 Å². The molecule has 0 saturated heterocycles. The number of allylic oxidation sites excluding steroid dienone is 6. The third kappa shape index (κ3) is 49.4. The molecule has 0 aliphatic carbocycles. The maximum Gasteiger partial charge on any atom is 1.00 e. The second-order valence-electron chi connectivity index (χ2n) is 11.0. The largest absolute Gasteiger partial charge is 1.00 e. The van der Waals surface area contributed by atoms with Gasteiger partial charge in [0.05, 0.1) is 19.8 Å². The molecule has 0 amide bonds. The van der Waals surface area contributed by atoms with E-state index in [1.165, 1.54) is 22.0 Å². The minimum absolute atomic E-state index is 0. The number of aldehydes is 1. The number of esters is 3. The van der Waals surface area contributed by atoms with Gasteiger partial charge in [0.1, 0.15) is 6.29 Å². The monoisotopic (exact) mass is 980 g/mol. The van der Waals surface area contributed by atoms with Crippen LogP contribution in [-0.4, -0.2) is 55.8 Å². The van der Waals surface area contributed by atoms with Gasteiger partial charge in [-0.3, -0.25) is 24.0 Å². The average Bonchev–Trinajstić information content (AvgIpc) is 3.25. The van der Waals surface area contributed by atoms with E-state index in [1.807, 2.05) is 52.0 Å². The van der Waals surface area contributed by atoms with Gasteiger partial charge in [-0.2, -0.15) is 0 Å². The van der Waals surface area contributed by atoms with Crippen LogP contribution in [0.25, 0.3) is 0 Å². The van der Waals surface area contributed by atoms with Crippen LogP contribution in [0.15, 0.2) is 127 Å². The number of hydrogen-bond acceptors (Lipinski definition) is 10. The number of rotatable bonds is 18. The maximum atomic E-state index is 10.8. The molecule has 0 saturated carbocycles. The summed E-state index contributed by atoms with van der Waals surface area (Å²) in [4.78, 5) is 52.5. The van der Waals surface area contributed by atoms with E-state index >= 15 is 0 Å². The van der Waals surface area contributed by atoms with Crippen LogP contribution >= 0.6 is 23.9 Å². The average molecular weight is 982 g/mol. The number of carbonyl (C=O) groups excluding carboxylic acids is 5. The molecule has 0 aliphatic rings. The van der Waals surface area contributed by atoms with Gasteiger partial charge in [0.15, 0.2) is 0 Å². The maximum absolute atomic E-state index is 10.8. The summed E-state index contributed by atoms with van der Waals surface area (Å²) in [6, 6.07) is 32.3. The zero-order chi connectivity index (χ0) is 43.9. The zero-order valence-electron chi connectivity index (χ0n) is 38.0. The quantitative estimate of drug-likeness (QED) is 0.0178. The Hall–Kier alpha value is -1.43. The van der Waals surface area contributed by atoms with Crippen LogP contribution in [0.2, 0.25) is 0 Å². The van der Waals surface area contributed by atoms with Crippen LogP contribution in [0.1, 0.15) is 95.3 Å². The molecular weight excluding hydrogens is 914 g/mol. The van der Waals surface area contributed by atoms with E-state index < -0.39 is 7.92 Å². The summed E-state index contributed by atoms with van der Waals surface area (Å²) < 4.78 is 14.1. The summed E-state index contributed by atoms with van der Waals surface area (Å²) in [7, 11) is -0.446. The van der Waals surface area contributed by atoms with Gasteiger partial charge in [-0.15, -0.1) is 0 Å². The Morgan fingerprint density at radius 2 is 0.984 bits per heavy atom. The van der Waals surface area contributed by atoms with Crippen molar-refractivity contribution in [1.82, 2.24) is 0 Å². The summed E-state index contributed by atoms with van der Waals surface area (Å²) in [6.45, 7) is 12.5. The van der Waals surface area contributed by atoms with Crippen molar-refractivity contribution < 1.29 is 153 Å². The smallest absolute Gasteiger partial charge is 1.00 e. The van der Waals surface area contributed by atoms with Gasteiger partial charge in [0, 0.05) is 24.6 Å². The first-order chi connectivity index (χ1) is 28.2. The van der Waals surface area contributed by atoms with Gasteiger partial charge in [-0.25, -0.2) is 0 Å². The summed E-state index contributed by atoms with van der Waals surface area (Å²) >= 11 is 3.22. The molecule has 330 valence electrons. The minimum Gasteiger partial charge on any atom is -1.00 e. The van der Waals surface area contributed by atoms with Crippen molar-refractivity contribution >= 4 is 70.4 Å². The molecule has 0 N–H and O–H groups in total. The molecule has 3 aromatic carbocycles. The van der Waals surface area contributed by atoms with E-state index in [0.29, 0.717) is 39.1 Å². The third-order valence-corrected chi connectivity index (χ3v) is 9.48. The van der Waals surface area contributed by atoms with Crippen molar-refractivity contribution in [3.63, 3.8) is 0 Å². The molecule has 10 nitrogen and oxygen atoms in total. The summed E-state index contributed by atoms with van der Waals surface area (Å²) in [5.74, 6) is -0.293. The molecule has 14 heteroatoms. The molecule has 3 aromatic rings. The van der Waals surface area contributed by atoms with Gasteiger partial charge in [0.2, 0.25) is 0 Å². The van der Waals surface area contributed by atoms with Gasteiger partial charge in [-0.1, -0.05) is 158 Å². The van der Waals surface area contributed by atoms with E-state index in [2.05, 4.69) is 123 Å². The van der Waals surface area contributed by atoms with Crippen LogP contribution in [0, 0.1) is 0 Å². The van der Waals surface area contributed by atoms with E-state index in [-0.39, 0.29) is 136 Å². The summed E-state index contributed by atoms with van der Waals surface area (Å²) in [5, 5.41) is 13.5. The van der Waals surface area contributed by atoms with Crippen LogP contribution in [0.3, 0.4) is 0 Å². The summed E-state index contributed by atoms with van der Waals surface area (Å²) in [5.41, 5.74) is 0. The molecule has 0 radical (unpaired) electrons. The molecule has 0 aliphatic heterocycles. The predicted octanol–water partition coefficient (Wildman–Crippen LogP) is 3.32. The Morgan fingerprint density at radius 3 is 1.26 bits per heavy atom. The predicted molar refractivity (Wildman–Crippen MR) is 247 cm³/mol. The van der Waals surface area contributed by atoms with Crippen LogP contribution in [0.5, 0.6) is 0 Å². The van der Waals surface area contributed by atoms with E-state index in [9.17, 15) is 19.2 Å². The van der Waals surface area contributed by atoms with Crippen LogP contribution in [0.4, 0.5) is 0 Å². The summed E-state index contributed by atoms with van der Waals surface area (Å²) in [6.07, 6.45) is 16.8. The number of unbranched alkanes of at least 4 members (excludes halogenated alkanes) is 1. The molecule has 61 heavy (non-hydrogen) atoms. The first-order valence-electron chi connectivity index (χ1n) is 19.3. The fourth-order valence-corrected chi connectivity index (χ4v) is 6.56. The topological polar surface area (TPSA) is 145 Å². The van der Waals surface area contributed by atoms with Crippen molar-refractivity contribution in [2.24, 2.45) is 0 Å². The van der Waals surface area contributed by atoms with Crippen molar-refractivity contribution in [2.75, 3.05) is 25.2 Å². The van der Waals surface area contributed by atoms with E-state index in [0.717, 1.165) is 37.3 Å². The molecule has 0 heterocycles. The SMILES string of the molecule is C.C/C=C/C=C\CCC(=O)OCC.C/C=C/C=O.CCCCC(=O)OCC.CCOC(=O)CCCBr.O=CO[O-].[H-].[K+].[K+].c1ccc(P(c2ccccc2)c2ccccc2)cc1.